The molecular formula is C13H14CrO5. The molecule has 0 atom stereocenters. The zero-order valence-corrected chi connectivity index (χ0v) is 12.4. The molecule has 0 amide bonds. The first kappa shape index (κ1) is 36.1. The number of hydrogen-bond acceptors (Lipinski definition) is 0. The molecule has 0 spiro atoms. The minimum absolute atomic E-state index is 0.292. The summed E-state index contributed by atoms with van der Waals surface area (Å²) in [6, 6.07) is 0. The summed E-state index contributed by atoms with van der Waals surface area (Å²) in [6.45, 7) is 31.3. The fourth-order valence-electron chi connectivity index (χ4n) is 0.756. The first-order chi connectivity index (χ1) is 9.02. The van der Waals surface area contributed by atoms with Crippen molar-refractivity contribution in [1.82, 2.24) is 0 Å². The van der Waals surface area contributed by atoms with E-state index < -0.39 is 0 Å². The quantitative estimate of drug-likeness (QED) is 0.523. The SMILES string of the molecule is CCC(=[C]=[Cr])C(C)(C)C.[C-]#[O+].[C-]#[O+].[C-]#[O+].[C-]#[O+].[C-]#[O+]. The molecule has 0 saturated carbocycles. The molecule has 0 aliphatic heterocycles. The van der Waals surface area contributed by atoms with Gasteiger partial charge in [-0.3, -0.25) is 0 Å². The Bertz CT molecular complexity index is 274. The molecule has 6 heteroatoms. The second kappa shape index (κ2) is 43.6. The average Bonchev–Trinajstić information content (AvgIpc) is 2.49. The van der Waals surface area contributed by atoms with Gasteiger partial charge in [-0.15, -0.1) is 0 Å². The standard InChI is InChI=1S/C8H14.5CO.Cr/c1-6-7(2)8(3,4)5;5*1-2;/h6H2,1,3-5H3;;;;;;. The van der Waals surface area contributed by atoms with Crippen LogP contribution < -0.4 is 0 Å². The molecule has 19 heavy (non-hydrogen) atoms. The predicted octanol–water partition coefficient (Wildman–Crippen LogP) is 2.13. The maximum absolute atomic E-state index is 7.50. The van der Waals surface area contributed by atoms with Gasteiger partial charge in [0.2, 0.25) is 0 Å². The second-order valence-electron chi connectivity index (χ2n) is 3.18. The Morgan fingerprint density at radius 1 is 0.842 bits per heavy atom. The summed E-state index contributed by atoms with van der Waals surface area (Å²) < 4.78 is 40.6. The van der Waals surface area contributed by atoms with Gasteiger partial charge in [0.25, 0.3) is 0 Å². The average molecular weight is 302 g/mol. The van der Waals surface area contributed by atoms with E-state index in [0.717, 1.165) is 6.42 Å². The summed E-state index contributed by atoms with van der Waals surface area (Å²) >= 11 is 2.81. The Morgan fingerprint density at radius 3 is 1.05 bits per heavy atom. The van der Waals surface area contributed by atoms with E-state index in [0.29, 0.717) is 5.41 Å². The van der Waals surface area contributed by atoms with Crippen LogP contribution in [0.15, 0.2) is 5.57 Å². The van der Waals surface area contributed by atoms with Crippen LogP contribution in [0.1, 0.15) is 34.1 Å². The molecular weight excluding hydrogens is 288 g/mol. The van der Waals surface area contributed by atoms with Crippen molar-refractivity contribution in [1.29, 1.82) is 0 Å². The Morgan fingerprint density at radius 2 is 1.05 bits per heavy atom. The van der Waals surface area contributed by atoms with Crippen LogP contribution in [0.2, 0.25) is 0 Å². The van der Waals surface area contributed by atoms with Crippen molar-refractivity contribution in [2.75, 3.05) is 0 Å². The van der Waals surface area contributed by atoms with Gasteiger partial charge in [0.05, 0.1) is 0 Å². The molecule has 0 unspecified atom stereocenters. The van der Waals surface area contributed by atoms with Gasteiger partial charge >= 0.3 is 122 Å². The van der Waals surface area contributed by atoms with Crippen LogP contribution in [0, 0.1) is 38.7 Å². The van der Waals surface area contributed by atoms with Gasteiger partial charge in [-0.05, 0) is 0 Å². The fraction of sp³-hybridized carbons (Fsp3) is 0.462. The van der Waals surface area contributed by atoms with Gasteiger partial charge in [-0.2, -0.15) is 0 Å². The van der Waals surface area contributed by atoms with Crippen molar-refractivity contribution < 1.29 is 39.1 Å². The van der Waals surface area contributed by atoms with Crippen molar-refractivity contribution in [3.05, 3.63) is 38.8 Å². The molecule has 0 rings (SSSR count). The summed E-state index contributed by atoms with van der Waals surface area (Å²) in [5, 5.41) is 0. The van der Waals surface area contributed by atoms with Crippen molar-refractivity contribution in [3.8, 4) is 0 Å². The predicted molar refractivity (Wildman–Crippen MR) is 57.9 cm³/mol. The topological polar surface area (TPSA) is 99.5 Å². The third-order valence-electron chi connectivity index (χ3n) is 1.38. The van der Waals surface area contributed by atoms with Crippen molar-refractivity contribution >= 4 is 4.54 Å². The van der Waals surface area contributed by atoms with E-state index in [2.05, 4.69) is 81.3 Å². The molecule has 102 valence electrons. The molecule has 0 aromatic carbocycles. The summed E-state index contributed by atoms with van der Waals surface area (Å²) in [5.41, 5.74) is 1.66. The summed E-state index contributed by atoms with van der Waals surface area (Å²) in [4.78, 5) is 0. The van der Waals surface area contributed by atoms with Crippen LogP contribution in [0.3, 0.4) is 0 Å². The van der Waals surface area contributed by atoms with Crippen LogP contribution in [0.25, 0.3) is 0 Å². The summed E-state index contributed by atoms with van der Waals surface area (Å²) in [6.07, 6.45) is 1.09. The van der Waals surface area contributed by atoms with Gasteiger partial charge in [-0.1, -0.05) is 0 Å². The van der Waals surface area contributed by atoms with Gasteiger partial charge in [-0.25, -0.2) is 0 Å². The van der Waals surface area contributed by atoms with Gasteiger partial charge in [0, 0.05) is 0 Å². The molecule has 0 heterocycles. The summed E-state index contributed by atoms with van der Waals surface area (Å²) in [5.74, 6) is 0. The third kappa shape index (κ3) is 47.4. The fourth-order valence-corrected chi connectivity index (χ4v) is 1.46. The Hall–Kier alpha value is -1.12. The molecule has 0 aromatic heterocycles. The zero-order chi connectivity index (χ0) is 17.5. The van der Waals surface area contributed by atoms with Gasteiger partial charge < -0.3 is 0 Å². The second-order valence-corrected chi connectivity index (χ2v) is 3.50. The van der Waals surface area contributed by atoms with E-state index in [9.17, 15) is 0 Å². The van der Waals surface area contributed by atoms with E-state index in [1.54, 1.807) is 0 Å². The van der Waals surface area contributed by atoms with Crippen LogP contribution in [0.5, 0.6) is 0 Å². The summed E-state index contributed by atoms with van der Waals surface area (Å²) in [7, 11) is 0. The van der Waals surface area contributed by atoms with Crippen LogP contribution in [-0.2, 0) is 39.1 Å². The Balaban J connectivity index is -0.0000000356. The van der Waals surface area contributed by atoms with Gasteiger partial charge in [0.15, 0.2) is 0 Å². The van der Waals surface area contributed by atoms with E-state index in [1.807, 2.05) is 0 Å². The van der Waals surface area contributed by atoms with Crippen LogP contribution in [0.4, 0.5) is 0 Å². The van der Waals surface area contributed by atoms with Crippen LogP contribution >= 0.6 is 0 Å². The van der Waals surface area contributed by atoms with E-state index in [-0.39, 0.29) is 0 Å². The number of allylic oxidation sites excluding steroid dienone is 1. The van der Waals surface area contributed by atoms with Gasteiger partial charge in [0.1, 0.15) is 0 Å². The molecule has 0 N–H and O–H groups in total. The first-order valence-corrected chi connectivity index (χ1v) is 4.92. The van der Waals surface area contributed by atoms with Crippen molar-refractivity contribution in [2.45, 2.75) is 34.1 Å². The minimum atomic E-state index is 0.292. The Kier molecular flexibility index (Phi) is 82.8. The molecule has 0 bridgehead atoms. The third-order valence-corrected chi connectivity index (χ3v) is 1.77. The molecule has 0 radical (unpaired) electrons. The molecule has 5 nitrogen and oxygen atoms in total. The van der Waals surface area contributed by atoms with E-state index in [4.69, 9.17) is 23.3 Å². The number of rotatable bonds is 1. The maximum atomic E-state index is 7.50. The monoisotopic (exact) mass is 302 g/mol. The number of hydrogen-bond donors (Lipinski definition) is 0. The first-order valence-electron chi connectivity index (χ1n) is 4.29. The van der Waals surface area contributed by atoms with E-state index >= 15 is 0 Å². The van der Waals surface area contributed by atoms with Crippen LogP contribution in [-0.4, -0.2) is 4.54 Å². The molecule has 0 saturated heterocycles. The molecule has 0 aromatic rings. The van der Waals surface area contributed by atoms with E-state index in [1.165, 1.54) is 5.57 Å². The van der Waals surface area contributed by atoms with Crippen molar-refractivity contribution in [3.63, 3.8) is 0 Å². The Labute approximate surface area is 122 Å². The molecule has 0 aliphatic rings. The normalized spacial score (nSPS) is 5.58. The molecule has 0 fully saturated rings. The van der Waals surface area contributed by atoms with Crippen molar-refractivity contribution in [2.24, 2.45) is 5.41 Å². The molecule has 0 aliphatic carbocycles. The zero-order valence-electron chi connectivity index (χ0n) is 11.2.